The molecule has 0 aliphatic heterocycles. The summed E-state index contributed by atoms with van der Waals surface area (Å²) >= 11 is 0. The minimum Gasteiger partial charge on any atom is -0.481 e. The van der Waals surface area contributed by atoms with Crippen molar-refractivity contribution < 1.29 is 24.6 Å². The Morgan fingerprint density at radius 1 is 1.44 bits per heavy atom. The van der Waals surface area contributed by atoms with E-state index in [9.17, 15) is 14.4 Å². The molecule has 0 spiro atoms. The minimum atomic E-state index is -1.27. The summed E-state index contributed by atoms with van der Waals surface area (Å²) in [6, 6.07) is -1.27. The van der Waals surface area contributed by atoms with Crippen molar-refractivity contribution in [3.63, 3.8) is 0 Å². The Morgan fingerprint density at radius 3 is 2.50 bits per heavy atom. The first kappa shape index (κ1) is 12.1. The highest BCUT2D eigenvalue weighted by atomic mass is 16.4. The van der Waals surface area contributed by atoms with Gasteiger partial charge in [0.25, 0.3) is 0 Å². The van der Waals surface area contributed by atoms with Crippen LogP contribution in [0.15, 0.2) is 23.8 Å². The van der Waals surface area contributed by atoms with Gasteiger partial charge in [0.05, 0.1) is 5.92 Å². The number of allylic oxidation sites excluding steroid dienone is 1. The molecule has 0 saturated carbocycles. The van der Waals surface area contributed by atoms with Gasteiger partial charge in [-0.15, -0.1) is 0 Å². The average Bonchev–Trinajstić information content (AvgIpc) is 2.26. The normalized spacial score (nSPS) is 25.7. The number of carboxylic acid groups (broad SMARTS) is 2. The second-order valence-corrected chi connectivity index (χ2v) is 3.42. The first-order valence-corrected chi connectivity index (χ1v) is 4.53. The van der Waals surface area contributed by atoms with Gasteiger partial charge in [0.15, 0.2) is 0 Å². The SMILES string of the molecule is NC(C(=O)O)C1=CC(C(=O)O)C(C=O)C=C1. The lowest BCUT2D eigenvalue weighted by Gasteiger charge is -2.20. The predicted molar refractivity (Wildman–Crippen MR) is 53.5 cm³/mol. The molecule has 6 nitrogen and oxygen atoms in total. The molecule has 0 aromatic rings. The monoisotopic (exact) mass is 225 g/mol. The highest BCUT2D eigenvalue weighted by Gasteiger charge is 2.29. The lowest BCUT2D eigenvalue weighted by Crippen LogP contribution is -2.34. The second kappa shape index (κ2) is 4.71. The van der Waals surface area contributed by atoms with E-state index in [-0.39, 0.29) is 5.57 Å². The number of rotatable bonds is 4. The van der Waals surface area contributed by atoms with E-state index in [2.05, 4.69) is 0 Å². The van der Waals surface area contributed by atoms with Crippen molar-refractivity contribution in [2.24, 2.45) is 17.6 Å². The summed E-state index contributed by atoms with van der Waals surface area (Å²) in [7, 11) is 0. The maximum absolute atomic E-state index is 10.8. The Hall–Kier alpha value is -1.95. The lowest BCUT2D eigenvalue weighted by atomic mass is 9.85. The van der Waals surface area contributed by atoms with Crippen LogP contribution in [-0.2, 0) is 14.4 Å². The number of carboxylic acids is 2. The quantitative estimate of drug-likeness (QED) is 0.550. The zero-order valence-corrected chi connectivity index (χ0v) is 8.24. The zero-order chi connectivity index (χ0) is 12.3. The van der Waals surface area contributed by atoms with Gasteiger partial charge < -0.3 is 20.7 Å². The van der Waals surface area contributed by atoms with Gasteiger partial charge in [-0.05, 0) is 5.57 Å². The summed E-state index contributed by atoms with van der Waals surface area (Å²) < 4.78 is 0. The fraction of sp³-hybridized carbons (Fsp3) is 0.300. The molecule has 86 valence electrons. The lowest BCUT2D eigenvalue weighted by molar-refractivity contribution is -0.142. The van der Waals surface area contributed by atoms with Crippen LogP contribution < -0.4 is 5.73 Å². The first-order chi connectivity index (χ1) is 7.47. The van der Waals surface area contributed by atoms with Crippen LogP contribution in [0.3, 0.4) is 0 Å². The van der Waals surface area contributed by atoms with Crippen LogP contribution in [0.1, 0.15) is 0 Å². The van der Waals surface area contributed by atoms with Gasteiger partial charge in [-0.25, -0.2) is 0 Å². The molecular formula is C10H11NO5. The Bertz CT molecular complexity index is 385. The van der Waals surface area contributed by atoms with E-state index in [0.717, 1.165) is 0 Å². The molecule has 1 aliphatic rings. The van der Waals surface area contributed by atoms with Crippen molar-refractivity contribution in [1.29, 1.82) is 0 Å². The molecule has 1 aliphatic carbocycles. The van der Waals surface area contributed by atoms with Gasteiger partial charge in [-0.3, -0.25) is 9.59 Å². The smallest absolute Gasteiger partial charge is 0.325 e. The molecule has 4 N–H and O–H groups in total. The third-order valence-electron chi connectivity index (χ3n) is 2.37. The molecule has 6 heteroatoms. The zero-order valence-electron chi connectivity index (χ0n) is 8.24. The maximum atomic E-state index is 10.8. The van der Waals surface area contributed by atoms with Crippen LogP contribution in [0.4, 0.5) is 0 Å². The molecular weight excluding hydrogens is 214 g/mol. The first-order valence-electron chi connectivity index (χ1n) is 4.53. The third-order valence-corrected chi connectivity index (χ3v) is 2.37. The molecule has 0 aromatic carbocycles. The largest absolute Gasteiger partial charge is 0.481 e. The van der Waals surface area contributed by atoms with Crippen LogP contribution in [0.25, 0.3) is 0 Å². The molecule has 0 saturated heterocycles. The molecule has 0 fully saturated rings. The van der Waals surface area contributed by atoms with Gasteiger partial charge in [-0.2, -0.15) is 0 Å². The molecule has 3 unspecified atom stereocenters. The van der Waals surface area contributed by atoms with E-state index in [0.29, 0.717) is 6.29 Å². The number of carbonyl (C=O) groups excluding carboxylic acids is 1. The average molecular weight is 225 g/mol. The minimum absolute atomic E-state index is 0.193. The van der Waals surface area contributed by atoms with E-state index in [1.807, 2.05) is 0 Å². The molecule has 0 bridgehead atoms. The molecule has 16 heavy (non-hydrogen) atoms. The van der Waals surface area contributed by atoms with Gasteiger partial charge in [0.2, 0.25) is 0 Å². The summed E-state index contributed by atoms with van der Waals surface area (Å²) in [5.74, 6) is -4.26. The summed E-state index contributed by atoms with van der Waals surface area (Å²) in [5.41, 5.74) is 5.53. The topological polar surface area (TPSA) is 118 Å². The Balaban J connectivity index is 2.99. The van der Waals surface area contributed by atoms with E-state index >= 15 is 0 Å². The summed E-state index contributed by atoms with van der Waals surface area (Å²) in [5, 5.41) is 17.5. The van der Waals surface area contributed by atoms with E-state index in [1.165, 1.54) is 18.2 Å². The fourth-order valence-corrected chi connectivity index (χ4v) is 1.43. The van der Waals surface area contributed by atoms with Crippen LogP contribution >= 0.6 is 0 Å². The molecule has 0 heterocycles. The molecule has 0 amide bonds. The molecule has 3 atom stereocenters. The van der Waals surface area contributed by atoms with Crippen molar-refractivity contribution >= 4 is 18.2 Å². The van der Waals surface area contributed by atoms with Crippen molar-refractivity contribution in [2.45, 2.75) is 6.04 Å². The number of aliphatic carboxylic acids is 2. The van der Waals surface area contributed by atoms with Crippen molar-refractivity contribution in [1.82, 2.24) is 0 Å². The maximum Gasteiger partial charge on any atom is 0.325 e. The summed E-state index contributed by atoms with van der Waals surface area (Å²) in [6.45, 7) is 0. The van der Waals surface area contributed by atoms with Gasteiger partial charge in [0.1, 0.15) is 12.3 Å². The number of aldehydes is 1. The summed E-state index contributed by atoms with van der Waals surface area (Å²) in [6.07, 6.45) is 4.44. The highest BCUT2D eigenvalue weighted by molar-refractivity contribution is 5.82. The van der Waals surface area contributed by atoms with E-state index < -0.39 is 29.8 Å². The van der Waals surface area contributed by atoms with Crippen LogP contribution in [0.2, 0.25) is 0 Å². The fourth-order valence-electron chi connectivity index (χ4n) is 1.43. The van der Waals surface area contributed by atoms with Gasteiger partial charge in [-0.1, -0.05) is 18.2 Å². The van der Waals surface area contributed by atoms with Crippen molar-refractivity contribution in [2.75, 3.05) is 0 Å². The summed E-state index contributed by atoms with van der Waals surface area (Å²) in [4.78, 5) is 32.0. The van der Waals surface area contributed by atoms with E-state index in [4.69, 9.17) is 15.9 Å². The highest BCUT2D eigenvalue weighted by Crippen LogP contribution is 2.23. The Morgan fingerprint density at radius 2 is 2.06 bits per heavy atom. The predicted octanol–water partition coefficient (Wildman–Crippen LogP) is -0.590. The van der Waals surface area contributed by atoms with Crippen molar-refractivity contribution in [3.05, 3.63) is 23.8 Å². The van der Waals surface area contributed by atoms with Crippen LogP contribution in [0.5, 0.6) is 0 Å². The Labute approximate surface area is 91.1 Å². The number of nitrogens with two attached hydrogens (primary N) is 1. The number of carbonyl (C=O) groups is 3. The van der Waals surface area contributed by atoms with Crippen LogP contribution in [0, 0.1) is 11.8 Å². The molecule has 1 rings (SSSR count). The third kappa shape index (κ3) is 2.34. The second-order valence-electron chi connectivity index (χ2n) is 3.42. The standard InChI is InChI=1S/C10H11NO5/c11-8(10(15)16)5-1-2-6(4-12)7(3-5)9(13)14/h1-4,6-8H,11H2,(H,13,14)(H,15,16). The van der Waals surface area contributed by atoms with Crippen molar-refractivity contribution in [3.8, 4) is 0 Å². The van der Waals surface area contributed by atoms with E-state index in [1.54, 1.807) is 0 Å². The van der Waals surface area contributed by atoms with Crippen LogP contribution in [-0.4, -0.2) is 34.5 Å². The molecule has 0 aromatic heterocycles. The molecule has 0 radical (unpaired) electrons. The van der Waals surface area contributed by atoms with Gasteiger partial charge in [0, 0.05) is 5.92 Å². The number of hydrogen-bond acceptors (Lipinski definition) is 4. The Kier molecular flexibility index (Phi) is 3.57. The number of hydrogen-bond donors (Lipinski definition) is 3. The van der Waals surface area contributed by atoms with Gasteiger partial charge >= 0.3 is 11.9 Å².